The van der Waals surface area contributed by atoms with E-state index < -0.39 is 0 Å². The molecule has 2 aliphatic heterocycles. The minimum Gasteiger partial charge on any atom is -0.353 e. The molecule has 1 saturated heterocycles. The molecule has 1 fully saturated rings. The molecule has 6 heteroatoms. The maximum absolute atomic E-state index is 12.4. The van der Waals surface area contributed by atoms with E-state index in [1.54, 1.807) is 0 Å². The van der Waals surface area contributed by atoms with Crippen molar-refractivity contribution in [1.29, 1.82) is 0 Å². The second kappa shape index (κ2) is 7.75. The van der Waals surface area contributed by atoms with Crippen molar-refractivity contribution in [1.82, 2.24) is 10.2 Å². The first-order chi connectivity index (χ1) is 10.8. The number of carbonyl (C=O) groups excluding carboxylic acids is 1. The smallest absolute Gasteiger partial charge is 0.242 e. The van der Waals surface area contributed by atoms with Crippen LogP contribution in [0.2, 0.25) is 5.02 Å². The number of nitrogens with zero attached hydrogens (tertiary/aromatic N) is 1. The van der Waals surface area contributed by atoms with Gasteiger partial charge in [-0.05, 0) is 17.2 Å². The van der Waals surface area contributed by atoms with Gasteiger partial charge in [-0.2, -0.15) is 0 Å². The minimum atomic E-state index is -0.252. The lowest BCUT2D eigenvalue weighted by Gasteiger charge is -2.43. The molecule has 1 N–H and O–H groups in total. The molecule has 0 aromatic heterocycles. The van der Waals surface area contributed by atoms with E-state index in [9.17, 15) is 4.79 Å². The van der Waals surface area contributed by atoms with Crippen molar-refractivity contribution in [3.63, 3.8) is 0 Å². The summed E-state index contributed by atoms with van der Waals surface area (Å²) in [7, 11) is 0. The highest BCUT2D eigenvalue weighted by Gasteiger charge is 2.40. The lowest BCUT2D eigenvalue weighted by molar-refractivity contribution is -0.129. The monoisotopic (exact) mass is 384 g/mol. The van der Waals surface area contributed by atoms with Crippen molar-refractivity contribution in [2.75, 3.05) is 19.6 Å². The van der Waals surface area contributed by atoms with E-state index in [0.29, 0.717) is 11.6 Å². The Balaban J connectivity index is 0.00000104. The highest BCUT2D eigenvalue weighted by molar-refractivity contribution is 6.31. The van der Waals surface area contributed by atoms with E-state index in [4.69, 9.17) is 11.6 Å². The van der Waals surface area contributed by atoms with Crippen LogP contribution in [0, 0.1) is 0 Å². The predicted molar refractivity (Wildman–Crippen MR) is 102 cm³/mol. The standard InChI is InChI=1S/C18H17ClN2O.2ClH/c19-15-8-4-7-13-14(12-5-2-1-3-6-12)11-21-10-9-20-18(22)17(21)16(13)15;;/h1-8,14,17H,9-11H2,(H,20,22);2*1H/t14-,17+;;/m0../s1. The van der Waals surface area contributed by atoms with Crippen LogP contribution in [0.1, 0.15) is 28.7 Å². The molecule has 24 heavy (non-hydrogen) atoms. The van der Waals surface area contributed by atoms with Crippen LogP contribution in [0.3, 0.4) is 0 Å². The summed E-state index contributed by atoms with van der Waals surface area (Å²) < 4.78 is 0. The van der Waals surface area contributed by atoms with Crippen LogP contribution in [-0.4, -0.2) is 30.4 Å². The number of amides is 1. The van der Waals surface area contributed by atoms with Crippen LogP contribution < -0.4 is 5.32 Å². The quantitative estimate of drug-likeness (QED) is 0.810. The number of carbonyl (C=O) groups is 1. The summed E-state index contributed by atoms with van der Waals surface area (Å²) >= 11 is 6.47. The Labute approximate surface area is 159 Å². The first-order valence-corrected chi connectivity index (χ1v) is 7.98. The van der Waals surface area contributed by atoms with Gasteiger partial charge < -0.3 is 5.32 Å². The largest absolute Gasteiger partial charge is 0.353 e. The van der Waals surface area contributed by atoms with E-state index >= 15 is 0 Å². The summed E-state index contributed by atoms with van der Waals surface area (Å²) in [5.41, 5.74) is 3.42. The fourth-order valence-electron chi connectivity index (χ4n) is 3.67. The Morgan fingerprint density at radius 2 is 1.79 bits per heavy atom. The number of piperazine rings is 1. The number of benzene rings is 2. The second-order valence-corrected chi connectivity index (χ2v) is 6.30. The van der Waals surface area contributed by atoms with Gasteiger partial charge in [0.2, 0.25) is 5.91 Å². The zero-order valence-electron chi connectivity index (χ0n) is 12.9. The average Bonchev–Trinajstić information content (AvgIpc) is 2.55. The van der Waals surface area contributed by atoms with Gasteiger partial charge in [0.25, 0.3) is 0 Å². The van der Waals surface area contributed by atoms with E-state index in [1.807, 2.05) is 18.2 Å². The number of fused-ring (bicyclic) bond motifs is 3. The molecule has 2 aliphatic rings. The first kappa shape index (κ1) is 19.1. The summed E-state index contributed by atoms with van der Waals surface area (Å²) in [4.78, 5) is 14.6. The molecule has 3 nitrogen and oxygen atoms in total. The summed E-state index contributed by atoms with van der Waals surface area (Å²) in [6, 6.07) is 16.2. The Kier molecular flexibility index (Phi) is 6.16. The van der Waals surface area contributed by atoms with Crippen molar-refractivity contribution < 1.29 is 4.79 Å². The summed E-state index contributed by atoms with van der Waals surface area (Å²) in [6.07, 6.45) is 0. The Hall–Kier alpha value is -1.26. The topological polar surface area (TPSA) is 32.3 Å². The number of rotatable bonds is 1. The van der Waals surface area contributed by atoms with Crippen molar-refractivity contribution in [2.45, 2.75) is 12.0 Å². The molecular weight excluding hydrogens is 367 g/mol. The molecule has 0 unspecified atom stereocenters. The van der Waals surface area contributed by atoms with Gasteiger partial charge in [0.15, 0.2) is 0 Å². The van der Waals surface area contributed by atoms with Crippen molar-refractivity contribution in [3.05, 3.63) is 70.2 Å². The van der Waals surface area contributed by atoms with E-state index in [2.05, 4.69) is 40.5 Å². The SMILES string of the molecule is Cl.Cl.O=C1NCCN2C[C@@H](c3ccccc3)c3cccc(Cl)c3[C@H]12. The molecule has 0 spiro atoms. The zero-order valence-corrected chi connectivity index (χ0v) is 15.3. The maximum Gasteiger partial charge on any atom is 0.242 e. The zero-order chi connectivity index (χ0) is 15.1. The molecule has 0 radical (unpaired) electrons. The maximum atomic E-state index is 12.4. The van der Waals surface area contributed by atoms with E-state index in [1.165, 1.54) is 11.1 Å². The molecular formula is C18H19Cl3N2O. The van der Waals surface area contributed by atoms with Gasteiger partial charge in [-0.3, -0.25) is 9.69 Å². The van der Waals surface area contributed by atoms with Crippen LogP contribution >= 0.6 is 36.4 Å². The lowest BCUT2D eigenvalue weighted by Crippen LogP contribution is -2.53. The molecule has 128 valence electrons. The van der Waals surface area contributed by atoms with Crippen LogP contribution in [-0.2, 0) is 4.79 Å². The fraction of sp³-hybridized carbons (Fsp3) is 0.278. The van der Waals surface area contributed by atoms with Crippen LogP contribution in [0.5, 0.6) is 0 Å². The molecule has 0 bridgehead atoms. The highest BCUT2D eigenvalue weighted by Crippen LogP contribution is 2.43. The van der Waals surface area contributed by atoms with Gasteiger partial charge in [0.1, 0.15) is 6.04 Å². The molecule has 0 aliphatic carbocycles. The molecule has 2 heterocycles. The number of hydrogen-bond acceptors (Lipinski definition) is 2. The third-order valence-corrected chi connectivity index (χ3v) is 5.00. The van der Waals surface area contributed by atoms with Crippen LogP contribution in [0.15, 0.2) is 48.5 Å². The van der Waals surface area contributed by atoms with Gasteiger partial charge >= 0.3 is 0 Å². The molecule has 4 rings (SSSR count). The molecule has 2 aromatic rings. The Morgan fingerprint density at radius 3 is 2.54 bits per heavy atom. The van der Waals surface area contributed by atoms with Crippen molar-refractivity contribution >= 4 is 42.3 Å². The fourth-order valence-corrected chi connectivity index (χ4v) is 3.96. The van der Waals surface area contributed by atoms with Crippen molar-refractivity contribution in [3.8, 4) is 0 Å². The minimum absolute atomic E-state index is 0. The van der Waals surface area contributed by atoms with Gasteiger partial charge in [-0.25, -0.2) is 0 Å². The van der Waals surface area contributed by atoms with E-state index in [-0.39, 0.29) is 42.7 Å². The van der Waals surface area contributed by atoms with Gasteiger partial charge in [-0.15, -0.1) is 24.8 Å². The second-order valence-electron chi connectivity index (χ2n) is 5.89. The predicted octanol–water partition coefficient (Wildman–Crippen LogP) is 3.80. The third-order valence-electron chi connectivity index (χ3n) is 4.67. The van der Waals surface area contributed by atoms with Crippen molar-refractivity contribution in [2.24, 2.45) is 0 Å². The van der Waals surface area contributed by atoms with Gasteiger partial charge in [0.05, 0.1) is 0 Å². The van der Waals surface area contributed by atoms with Gasteiger partial charge in [-0.1, -0.05) is 54.1 Å². The first-order valence-electron chi connectivity index (χ1n) is 7.60. The molecule has 1 amide bonds. The summed E-state index contributed by atoms with van der Waals surface area (Å²) in [5.74, 6) is 0.323. The molecule has 0 saturated carbocycles. The van der Waals surface area contributed by atoms with E-state index in [0.717, 1.165) is 18.7 Å². The number of halogens is 3. The Bertz CT molecular complexity index is 723. The normalized spacial score (nSPS) is 22.3. The summed E-state index contributed by atoms with van der Waals surface area (Å²) in [5, 5.41) is 3.65. The Morgan fingerprint density at radius 1 is 1.04 bits per heavy atom. The molecule has 2 aromatic carbocycles. The third kappa shape index (κ3) is 3.14. The highest BCUT2D eigenvalue weighted by atomic mass is 35.5. The number of hydrogen-bond donors (Lipinski definition) is 1. The average molecular weight is 386 g/mol. The van der Waals surface area contributed by atoms with Crippen LogP contribution in [0.25, 0.3) is 0 Å². The summed E-state index contributed by atoms with van der Waals surface area (Å²) in [6.45, 7) is 2.43. The van der Waals surface area contributed by atoms with Crippen LogP contribution in [0.4, 0.5) is 0 Å². The molecule has 2 atom stereocenters. The van der Waals surface area contributed by atoms with Gasteiger partial charge in [0, 0.05) is 36.1 Å². The lowest BCUT2D eigenvalue weighted by atomic mass is 9.80. The number of nitrogens with one attached hydrogen (secondary N) is 1.